The molecule has 6 nitrogen and oxygen atoms in total. The van der Waals surface area contributed by atoms with Gasteiger partial charge in [-0.05, 0) is 27.7 Å². The largest absolute Gasteiger partial charge is 0.463 e. The predicted octanol–water partition coefficient (Wildman–Crippen LogP) is 0.627. The van der Waals surface area contributed by atoms with Crippen LogP contribution in [-0.2, 0) is 19.1 Å². The van der Waals surface area contributed by atoms with Gasteiger partial charge >= 0.3 is 11.9 Å². The number of ether oxygens (including phenoxy) is 2. The lowest BCUT2D eigenvalue weighted by Gasteiger charge is -2.16. The van der Waals surface area contributed by atoms with Crippen LogP contribution in [-0.4, -0.2) is 35.4 Å². The van der Waals surface area contributed by atoms with Crippen molar-refractivity contribution in [2.24, 2.45) is 0 Å². The minimum Gasteiger partial charge on any atom is -0.463 e. The van der Waals surface area contributed by atoms with E-state index in [0.29, 0.717) is 0 Å². The number of rotatable bonds is 6. The highest BCUT2D eigenvalue weighted by Crippen LogP contribution is 2.02. The molecular formula is C10H19NO5. The standard InChI is InChI=1S/C10H19NO5/c1-6(2)15-9(12)5-8(11-14)10(13)16-7(3)4/h6-8,11,14H,5H2,1-4H3. The summed E-state index contributed by atoms with van der Waals surface area (Å²) in [5, 5.41) is 8.73. The summed E-state index contributed by atoms with van der Waals surface area (Å²) in [5.74, 6) is -1.25. The van der Waals surface area contributed by atoms with E-state index in [1.165, 1.54) is 0 Å². The molecule has 0 spiro atoms. The van der Waals surface area contributed by atoms with Crippen molar-refractivity contribution in [1.29, 1.82) is 0 Å². The molecule has 0 saturated heterocycles. The summed E-state index contributed by atoms with van der Waals surface area (Å²) in [6, 6.07) is -1.09. The zero-order valence-electron chi connectivity index (χ0n) is 10.0. The van der Waals surface area contributed by atoms with Crippen molar-refractivity contribution in [3.05, 3.63) is 0 Å². The molecule has 0 bridgehead atoms. The summed E-state index contributed by atoms with van der Waals surface area (Å²) in [5.41, 5.74) is 1.74. The molecule has 0 aromatic carbocycles. The van der Waals surface area contributed by atoms with E-state index >= 15 is 0 Å². The van der Waals surface area contributed by atoms with Crippen molar-refractivity contribution in [2.45, 2.75) is 52.4 Å². The number of carbonyl (C=O) groups is 2. The van der Waals surface area contributed by atoms with Gasteiger partial charge in [0.15, 0.2) is 0 Å². The Kier molecular flexibility index (Phi) is 6.67. The van der Waals surface area contributed by atoms with Gasteiger partial charge in [0.25, 0.3) is 0 Å². The van der Waals surface area contributed by atoms with Gasteiger partial charge in [0.05, 0.1) is 18.6 Å². The Morgan fingerprint density at radius 2 is 1.62 bits per heavy atom. The average molecular weight is 233 g/mol. The normalized spacial score (nSPS) is 12.7. The Balaban J connectivity index is 4.18. The number of esters is 2. The van der Waals surface area contributed by atoms with Crippen LogP contribution in [0, 0.1) is 0 Å². The average Bonchev–Trinajstić information content (AvgIpc) is 2.11. The summed E-state index contributed by atoms with van der Waals surface area (Å²) >= 11 is 0. The van der Waals surface area contributed by atoms with Crippen molar-refractivity contribution in [1.82, 2.24) is 5.48 Å². The van der Waals surface area contributed by atoms with Crippen molar-refractivity contribution in [3.8, 4) is 0 Å². The van der Waals surface area contributed by atoms with Gasteiger partial charge in [-0.2, -0.15) is 5.48 Å². The van der Waals surface area contributed by atoms with Gasteiger partial charge in [-0.25, -0.2) is 0 Å². The molecule has 1 atom stereocenters. The number of hydrogen-bond donors (Lipinski definition) is 2. The minimum atomic E-state index is -1.09. The molecule has 2 N–H and O–H groups in total. The maximum Gasteiger partial charge on any atom is 0.326 e. The van der Waals surface area contributed by atoms with Crippen molar-refractivity contribution >= 4 is 11.9 Å². The first kappa shape index (κ1) is 14.9. The van der Waals surface area contributed by atoms with Gasteiger partial charge in [-0.3, -0.25) is 9.59 Å². The Labute approximate surface area is 94.9 Å². The summed E-state index contributed by atoms with van der Waals surface area (Å²) in [6.07, 6.45) is -0.822. The minimum absolute atomic E-state index is 0.257. The van der Waals surface area contributed by atoms with Gasteiger partial charge in [-0.1, -0.05) is 0 Å². The highest BCUT2D eigenvalue weighted by molar-refractivity contribution is 5.82. The van der Waals surface area contributed by atoms with Crippen LogP contribution in [0.4, 0.5) is 0 Å². The van der Waals surface area contributed by atoms with Crippen LogP contribution in [0.5, 0.6) is 0 Å². The second-order valence-electron chi connectivity index (χ2n) is 3.91. The predicted molar refractivity (Wildman–Crippen MR) is 55.8 cm³/mol. The zero-order chi connectivity index (χ0) is 12.7. The molecule has 0 rings (SSSR count). The first-order valence-corrected chi connectivity index (χ1v) is 5.16. The van der Waals surface area contributed by atoms with Crippen molar-refractivity contribution < 1.29 is 24.3 Å². The van der Waals surface area contributed by atoms with Crippen LogP contribution >= 0.6 is 0 Å². The summed E-state index contributed by atoms with van der Waals surface area (Å²) in [6.45, 7) is 6.76. The second-order valence-corrected chi connectivity index (χ2v) is 3.91. The van der Waals surface area contributed by atoms with Gasteiger partial charge in [0.2, 0.25) is 0 Å². The molecule has 0 aliphatic rings. The van der Waals surface area contributed by atoms with Crippen molar-refractivity contribution in [3.63, 3.8) is 0 Å². The van der Waals surface area contributed by atoms with Crippen LogP contribution in [0.2, 0.25) is 0 Å². The van der Waals surface area contributed by atoms with E-state index in [1.807, 2.05) is 0 Å². The lowest BCUT2D eigenvalue weighted by molar-refractivity contribution is -0.159. The van der Waals surface area contributed by atoms with Crippen LogP contribution in [0.15, 0.2) is 0 Å². The zero-order valence-corrected chi connectivity index (χ0v) is 10.0. The van der Waals surface area contributed by atoms with Gasteiger partial charge in [-0.15, -0.1) is 0 Å². The highest BCUT2D eigenvalue weighted by Gasteiger charge is 2.24. The van der Waals surface area contributed by atoms with Gasteiger partial charge in [0, 0.05) is 0 Å². The van der Waals surface area contributed by atoms with Crippen LogP contribution in [0.3, 0.4) is 0 Å². The molecule has 0 aliphatic carbocycles. The molecule has 0 aliphatic heterocycles. The maximum atomic E-state index is 11.4. The number of carbonyl (C=O) groups excluding carboxylic acids is 2. The smallest absolute Gasteiger partial charge is 0.326 e. The molecule has 0 radical (unpaired) electrons. The third-order valence-corrected chi connectivity index (χ3v) is 1.53. The molecule has 94 valence electrons. The Morgan fingerprint density at radius 1 is 1.12 bits per heavy atom. The van der Waals surface area contributed by atoms with Crippen LogP contribution in [0.1, 0.15) is 34.1 Å². The van der Waals surface area contributed by atoms with E-state index in [1.54, 1.807) is 33.2 Å². The van der Waals surface area contributed by atoms with E-state index in [-0.39, 0.29) is 18.6 Å². The molecule has 0 heterocycles. The van der Waals surface area contributed by atoms with E-state index in [0.717, 1.165) is 0 Å². The lowest BCUT2D eigenvalue weighted by Crippen LogP contribution is -2.39. The summed E-state index contributed by atoms with van der Waals surface area (Å²) in [7, 11) is 0. The molecule has 16 heavy (non-hydrogen) atoms. The lowest BCUT2D eigenvalue weighted by atomic mass is 10.2. The Morgan fingerprint density at radius 3 is 2.00 bits per heavy atom. The van der Waals surface area contributed by atoms with Crippen LogP contribution in [0.25, 0.3) is 0 Å². The summed E-state index contributed by atoms with van der Waals surface area (Å²) in [4.78, 5) is 22.6. The maximum absolute atomic E-state index is 11.4. The fourth-order valence-electron chi connectivity index (χ4n) is 0.974. The fourth-order valence-corrected chi connectivity index (χ4v) is 0.974. The van der Waals surface area contributed by atoms with Gasteiger partial charge < -0.3 is 14.7 Å². The van der Waals surface area contributed by atoms with E-state index in [2.05, 4.69) is 0 Å². The molecule has 6 heteroatoms. The third-order valence-electron chi connectivity index (χ3n) is 1.53. The Hall–Kier alpha value is -1.14. The van der Waals surface area contributed by atoms with E-state index in [9.17, 15) is 9.59 Å². The van der Waals surface area contributed by atoms with Crippen LogP contribution < -0.4 is 5.48 Å². The van der Waals surface area contributed by atoms with E-state index in [4.69, 9.17) is 14.7 Å². The first-order chi connectivity index (χ1) is 7.36. The Bertz CT molecular complexity index is 239. The second kappa shape index (κ2) is 7.19. The van der Waals surface area contributed by atoms with Crippen molar-refractivity contribution in [2.75, 3.05) is 0 Å². The highest BCUT2D eigenvalue weighted by atomic mass is 16.6. The molecule has 0 fully saturated rings. The molecule has 0 amide bonds. The third kappa shape index (κ3) is 6.36. The molecule has 0 saturated carbocycles. The summed E-state index contributed by atoms with van der Waals surface area (Å²) < 4.78 is 9.68. The molecular weight excluding hydrogens is 214 g/mol. The van der Waals surface area contributed by atoms with E-state index < -0.39 is 18.0 Å². The number of hydroxylamine groups is 1. The van der Waals surface area contributed by atoms with Gasteiger partial charge in [0.1, 0.15) is 6.04 Å². The number of nitrogens with one attached hydrogen (secondary N) is 1. The monoisotopic (exact) mass is 233 g/mol. The fraction of sp³-hybridized carbons (Fsp3) is 0.800. The molecule has 0 aromatic heterocycles. The molecule has 1 unspecified atom stereocenters. The topological polar surface area (TPSA) is 84.9 Å². The number of hydrogen-bond acceptors (Lipinski definition) is 6. The first-order valence-electron chi connectivity index (χ1n) is 5.16. The SMILES string of the molecule is CC(C)OC(=O)CC(NO)C(=O)OC(C)C. The quantitative estimate of drug-likeness (QED) is 0.517. The molecule has 0 aromatic rings.